The number of rotatable bonds is 6. The minimum atomic E-state index is -4.96. The Morgan fingerprint density at radius 2 is 1.63 bits per heavy atom. The van der Waals surface area contributed by atoms with E-state index in [0.717, 1.165) is 18.2 Å². The van der Waals surface area contributed by atoms with Crippen molar-refractivity contribution in [2.75, 3.05) is 5.32 Å². The molecule has 0 unspecified atom stereocenters. The Balaban J connectivity index is 1.53. The number of anilines is 1. The SMILES string of the molecule is O=C(Cc1ccc(F)c(I)c1F)c1cc(NC(=O)[C@H]2[C@H](c3ccc(F)c(C(F)(F)F)c3)C2(Cl)Cl)ccc1Cl. The number of Topliss-reactive ketones (excluding diaryl/α,β-unsaturated/α-hetero) is 1. The van der Waals surface area contributed by atoms with Gasteiger partial charge in [0.15, 0.2) is 5.78 Å². The number of amides is 1. The van der Waals surface area contributed by atoms with Gasteiger partial charge in [-0.05, 0) is 70.1 Å². The number of alkyl halides is 5. The van der Waals surface area contributed by atoms with Crippen LogP contribution < -0.4 is 5.32 Å². The second-order valence-electron chi connectivity index (χ2n) is 8.49. The highest BCUT2D eigenvalue weighted by atomic mass is 127. The molecule has 200 valence electrons. The van der Waals surface area contributed by atoms with Gasteiger partial charge in [-0.3, -0.25) is 9.59 Å². The summed E-state index contributed by atoms with van der Waals surface area (Å²) in [5.41, 5.74) is -1.63. The summed E-state index contributed by atoms with van der Waals surface area (Å²) in [5.74, 6) is -6.78. The van der Waals surface area contributed by atoms with Gasteiger partial charge in [0.1, 0.15) is 21.8 Å². The molecule has 0 radical (unpaired) electrons. The van der Waals surface area contributed by atoms with Crippen LogP contribution in [0.15, 0.2) is 48.5 Å². The summed E-state index contributed by atoms with van der Waals surface area (Å²) in [5, 5.41) is 2.49. The summed E-state index contributed by atoms with van der Waals surface area (Å²) < 4.78 is 78.9. The Labute approximate surface area is 240 Å². The second-order valence-corrected chi connectivity index (χ2v) is 11.4. The van der Waals surface area contributed by atoms with Crippen molar-refractivity contribution in [3.63, 3.8) is 0 Å². The molecule has 0 aliphatic heterocycles. The summed E-state index contributed by atoms with van der Waals surface area (Å²) >= 11 is 20.0. The molecule has 0 aromatic heterocycles. The molecule has 4 rings (SSSR count). The van der Waals surface area contributed by atoms with Gasteiger partial charge in [0.25, 0.3) is 0 Å². The highest BCUT2D eigenvalue weighted by Gasteiger charge is 2.67. The van der Waals surface area contributed by atoms with E-state index in [4.69, 9.17) is 34.8 Å². The summed E-state index contributed by atoms with van der Waals surface area (Å²) in [4.78, 5) is 25.7. The third kappa shape index (κ3) is 5.64. The first-order valence-corrected chi connectivity index (χ1v) is 12.8. The first kappa shape index (κ1) is 29.0. The Morgan fingerprint density at radius 1 is 0.974 bits per heavy atom. The number of carbonyl (C=O) groups excluding carboxylic acids is 2. The lowest BCUT2D eigenvalue weighted by atomic mass is 10.0. The van der Waals surface area contributed by atoms with Crippen molar-refractivity contribution in [2.45, 2.75) is 22.8 Å². The largest absolute Gasteiger partial charge is 0.419 e. The minimum Gasteiger partial charge on any atom is -0.326 e. The lowest BCUT2D eigenvalue weighted by Gasteiger charge is -2.11. The lowest BCUT2D eigenvalue weighted by Crippen LogP contribution is -2.17. The zero-order chi connectivity index (χ0) is 28.2. The lowest BCUT2D eigenvalue weighted by molar-refractivity contribution is -0.140. The van der Waals surface area contributed by atoms with Crippen molar-refractivity contribution < 1.29 is 35.9 Å². The molecule has 1 saturated carbocycles. The highest BCUT2D eigenvalue weighted by molar-refractivity contribution is 14.1. The number of nitrogens with one attached hydrogen (secondary N) is 1. The summed E-state index contributed by atoms with van der Waals surface area (Å²) in [6.07, 6.45) is -5.40. The number of benzene rings is 3. The zero-order valence-corrected chi connectivity index (χ0v) is 23.0. The highest BCUT2D eigenvalue weighted by Crippen LogP contribution is 2.65. The van der Waals surface area contributed by atoms with Gasteiger partial charge < -0.3 is 5.32 Å². The van der Waals surface area contributed by atoms with E-state index in [0.29, 0.717) is 12.1 Å². The van der Waals surface area contributed by atoms with E-state index in [1.54, 1.807) is 0 Å². The van der Waals surface area contributed by atoms with Crippen LogP contribution in [0.2, 0.25) is 5.02 Å². The molecule has 0 heterocycles. The molecular formula is C25H13Cl3F6INO2. The number of hydrogen-bond acceptors (Lipinski definition) is 2. The fraction of sp³-hybridized carbons (Fsp3) is 0.200. The van der Waals surface area contributed by atoms with Crippen LogP contribution in [-0.4, -0.2) is 16.0 Å². The molecule has 3 nitrogen and oxygen atoms in total. The van der Waals surface area contributed by atoms with Crippen LogP contribution in [0.5, 0.6) is 0 Å². The van der Waals surface area contributed by atoms with Crippen LogP contribution >= 0.6 is 57.4 Å². The molecule has 0 saturated heterocycles. The molecule has 13 heteroatoms. The van der Waals surface area contributed by atoms with Gasteiger partial charge in [-0.2, -0.15) is 13.2 Å². The number of hydrogen-bond donors (Lipinski definition) is 1. The summed E-state index contributed by atoms with van der Waals surface area (Å²) in [6, 6.07) is 8.31. The second kappa shape index (κ2) is 10.5. The molecule has 1 aliphatic rings. The van der Waals surface area contributed by atoms with Crippen LogP contribution in [0.25, 0.3) is 0 Å². The molecule has 0 bridgehead atoms. The van der Waals surface area contributed by atoms with Crippen molar-refractivity contribution in [2.24, 2.45) is 5.92 Å². The predicted molar refractivity (Wildman–Crippen MR) is 139 cm³/mol. The van der Waals surface area contributed by atoms with E-state index in [9.17, 15) is 35.9 Å². The predicted octanol–water partition coefficient (Wildman–Crippen LogP) is 8.33. The molecule has 3 aromatic carbocycles. The Kier molecular flexibility index (Phi) is 8.02. The number of carbonyl (C=O) groups is 2. The Hall–Kier alpha value is -2.02. The van der Waals surface area contributed by atoms with Gasteiger partial charge in [0, 0.05) is 23.6 Å². The molecule has 1 N–H and O–H groups in total. The van der Waals surface area contributed by atoms with Gasteiger partial charge in [0.2, 0.25) is 5.91 Å². The maximum absolute atomic E-state index is 14.4. The van der Waals surface area contributed by atoms with Gasteiger partial charge in [0.05, 0.1) is 20.1 Å². The quantitative estimate of drug-likeness (QED) is 0.0922. The van der Waals surface area contributed by atoms with Crippen LogP contribution in [0.4, 0.5) is 32.0 Å². The zero-order valence-electron chi connectivity index (χ0n) is 18.6. The van der Waals surface area contributed by atoms with E-state index >= 15 is 0 Å². The van der Waals surface area contributed by atoms with Crippen molar-refractivity contribution in [1.29, 1.82) is 0 Å². The average molecular weight is 707 g/mol. The normalized spacial score (nSPS) is 18.3. The monoisotopic (exact) mass is 705 g/mol. The van der Waals surface area contributed by atoms with Gasteiger partial charge >= 0.3 is 6.18 Å². The van der Waals surface area contributed by atoms with E-state index in [-0.39, 0.29) is 31.0 Å². The van der Waals surface area contributed by atoms with Crippen LogP contribution in [0.1, 0.15) is 33.0 Å². The number of ketones is 1. The van der Waals surface area contributed by atoms with Crippen LogP contribution in [0.3, 0.4) is 0 Å². The van der Waals surface area contributed by atoms with E-state index in [1.807, 2.05) is 0 Å². The first-order valence-electron chi connectivity index (χ1n) is 10.6. The van der Waals surface area contributed by atoms with E-state index < -0.39 is 63.5 Å². The van der Waals surface area contributed by atoms with Gasteiger partial charge in [-0.25, -0.2) is 13.2 Å². The van der Waals surface area contributed by atoms with Gasteiger partial charge in [-0.15, -0.1) is 23.2 Å². The van der Waals surface area contributed by atoms with Crippen molar-refractivity contribution in [3.05, 3.63) is 96.8 Å². The molecule has 3 aromatic rings. The maximum atomic E-state index is 14.4. The molecule has 1 fully saturated rings. The van der Waals surface area contributed by atoms with Crippen molar-refractivity contribution in [1.82, 2.24) is 0 Å². The number of halogens is 10. The minimum absolute atomic E-state index is 0.00420. The first-order chi connectivity index (χ1) is 17.6. The smallest absolute Gasteiger partial charge is 0.326 e. The van der Waals surface area contributed by atoms with Crippen molar-refractivity contribution >= 4 is 74.8 Å². The van der Waals surface area contributed by atoms with Crippen molar-refractivity contribution in [3.8, 4) is 0 Å². The molecule has 0 spiro atoms. The molecule has 2 atom stereocenters. The Morgan fingerprint density at radius 3 is 2.29 bits per heavy atom. The van der Waals surface area contributed by atoms with E-state index in [2.05, 4.69) is 5.32 Å². The van der Waals surface area contributed by atoms with Crippen LogP contribution in [-0.2, 0) is 17.4 Å². The standard InChI is InChI=1S/C25H13Cl3F6INO2/c26-15-4-3-12(9-13(15)18(37)8-11-2-6-17(30)22(35)21(11)31)36-23(38)20-19(24(20,27)28)10-1-5-16(29)14(7-10)25(32,33)34/h1-7,9,19-20H,8H2,(H,36,38)/t19-,20+/m0/s1. The molecule has 38 heavy (non-hydrogen) atoms. The van der Waals surface area contributed by atoms with Crippen LogP contribution in [0, 0.1) is 26.9 Å². The third-order valence-corrected chi connectivity index (χ3v) is 8.25. The Bertz CT molecular complexity index is 1460. The van der Waals surface area contributed by atoms with Gasteiger partial charge in [-0.1, -0.05) is 23.7 Å². The van der Waals surface area contributed by atoms with E-state index in [1.165, 1.54) is 40.8 Å². The third-order valence-electron chi connectivity index (χ3n) is 5.99. The maximum Gasteiger partial charge on any atom is 0.419 e. The molecular weight excluding hydrogens is 694 g/mol. The summed E-state index contributed by atoms with van der Waals surface area (Å²) in [6.45, 7) is 0. The fourth-order valence-electron chi connectivity index (χ4n) is 4.03. The topological polar surface area (TPSA) is 46.2 Å². The molecule has 1 amide bonds. The average Bonchev–Trinajstić information content (AvgIpc) is 3.42. The fourth-order valence-corrected chi connectivity index (χ4v) is 5.61. The molecule has 1 aliphatic carbocycles. The summed E-state index contributed by atoms with van der Waals surface area (Å²) in [7, 11) is 0.